The first kappa shape index (κ1) is 15.2. The second-order valence-corrected chi connectivity index (χ2v) is 7.03. The van der Waals surface area contributed by atoms with Crippen molar-refractivity contribution in [1.82, 2.24) is 20.1 Å². The topological polar surface area (TPSA) is 71.8 Å². The number of carbonyl (C=O) groups is 1. The molecule has 4 rings (SSSR count). The van der Waals surface area contributed by atoms with E-state index < -0.39 is 0 Å². The SMILES string of the molecule is O=C(NC[C@@]12CCC[C@@H]1C2)Nc1ccn(CCc2ccncc2)n1. The zero-order chi connectivity index (χ0) is 16.4. The van der Waals surface area contributed by atoms with Crippen molar-refractivity contribution < 1.29 is 4.79 Å². The van der Waals surface area contributed by atoms with Gasteiger partial charge < -0.3 is 5.32 Å². The third-order valence-corrected chi connectivity index (χ3v) is 5.45. The van der Waals surface area contributed by atoms with Crippen LogP contribution in [0.15, 0.2) is 36.8 Å². The molecule has 2 saturated carbocycles. The summed E-state index contributed by atoms with van der Waals surface area (Å²) >= 11 is 0. The number of nitrogens with zero attached hydrogens (tertiary/aromatic N) is 3. The predicted octanol–water partition coefficient (Wildman–Crippen LogP) is 2.83. The molecule has 0 bridgehead atoms. The molecule has 0 spiro atoms. The van der Waals surface area contributed by atoms with Crippen LogP contribution in [0.25, 0.3) is 0 Å². The number of hydrogen-bond donors (Lipinski definition) is 2. The normalized spacial score (nSPS) is 24.4. The average Bonchev–Trinajstić information content (AvgIpc) is 2.94. The molecule has 2 fully saturated rings. The Morgan fingerprint density at radius 1 is 1.33 bits per heavy atom. The van der Waals surface area contributed by atoms with Crippen LogP contribution in [0.3, 0.4) is 0 Å². The van der Waals surface area contributed by atoms with Gasteiger partial charge in [-0.3, -0.25) is 15.0 Å². The van der Waals surface area contributed by atoms with Crippen LogP contribution in [0.1, 0.15) is 31.2 Å². The van der Waals surface area contributed by atoms with E-state index >= 15 is 0 Å². The van der Waals surface area contributed by atoms with Gasteiger partial charge in [0.05, 0.1) is 0 Å². The van der Waals surface area contributed by atoms with Crippen molar-refractivity contribution in [3.8, 4) is 0 Å². The lowest BCUT2D eigenvalue weighted by Crippen LogP contribution is -2.34. The Hall–Kier alpha value is -2.37. The minimum atomic E-state index is -0.152. The number of fused-ring (bicyclic) bond motifs is 1. The Balaban J connectivity index is 1.23. The summed E-state index contributed by atoms with van der Waals surface area (Å²) in [5, 5.41) is 10.2. The highest BCUT2D eigenvalue weighted by Crippen LogP contribution is 2.63. The summed E-state index contributed by atoms with van der Waals surface area (Å²) in [4.78, 5) is 16.1. The molecule has 126 valence electrons. The van der Waals surface area contributed by atoms with E-state index in [9.17, 15) is 4.79 Å². The molecule has 6 heteroatoms. The molecule has 6 nitrogen and oxygen atoms in total. The maximum atomic E-state index is 12.0. The van der Waals surface area contributed by atoms with Crippen molar-refractivity contribution in [2.24, 2.45) is 11.3 Å². The van der Waals surface area contributed by atoms with Gasteiger partial charge >= 0.3 is 6.03 Å². The number of amides is 2. The molecular weight excluding hydrogens is 302 g/mol. The number of hydrogen-bond acceptors (Lipinski definition) is 3. The van der Waals surface area contributed by atoms with Gasteiger partial charge in [0.2, 0.25) is 0 Å². The Morgan fingerprint density at radius 2 is 2.21 bits per heavy atom. The van der Waals surface area contributed by atoms with E-state index in [0.717, 1.165) is 25.4 Å². The van der Waals surface area contributed by atoms with Crippen molar-refractivity contribution in [2.45, 2.75) is 38.6 Å². The van der Waals surface area contributed by atoms with Gasteiger partial charge in [0.15, 0.2) is 5.82 Å². The number of nitrogens with one attached hydrogen (secondary N) is 2. The van der Waals surface area contributed by atoms with Crippen molar-refractivity contribution in [1.29, 1.82) is 0 Å². The van der Waals surface area contributed by atoms with Crippen molar-refractivity contribution in [3.63, 3.8) is 0 Å². The average molecular weight is 325 g/mol. The fourth-order valence-electron chi connectivity index (χ4n) is 3.91. The first-order valence-corrected chi connectivity index (χ1v) is 8.71. The Labute approximate surface area is 141 Å². The summed E-state index contributed by atoms with van der Waals surface area (Å²) < 4.78 is 1.85. The van der Waals surface area contributed by atoms with Gasteiger partial charge in [-0.15, -0.1) is 0 Å². The molecule has 2 amide bonds. The largest absolute Gasteiger partial charge is 0.337 e. The summed E-state index contributed by atoms with van der Waals surface area (Å²) in [5.74, 6) is 1.45. The molecule has 0 unspecified atom stereocenters. The van der Waals surface area contributed by atoms with E-state index in [1.807, 2.05) is 29.1 Å². The highest BCUT2D eigenvalue weighted by Gasteiger charge is 2.56. The lowest BCUT2D eigenvalue weighted by Gasteiger charge is -2.13. The number of pyridine rings is 1. The van der Waals surface area contributed by atoms with Crippen LogP contribution in [0.4, 0.5) is 10.6 Å². The van der Waals surface area contributed by atoms with E-state index in [-0.39, 0.29) is 6.03 Å². The summed E-state index contributed by atoms with van der Waals surface area (Å²) in [7, 11) is 0. The van der Waals surface area contributed by atoms with Gasteiger partial charge in [-0.05, 0) is 54.7 Å². The van der Waals surface area contributed by atoms with E-state index in [1.54, 1.807) is 12.4 Å². The molecule has 24 heavy (non-hydrogen) atoms. The second kappa shape index (κ2) is 6.26. The van der Waals surface area contributed by atoms with Gasteiger partial charge in [0, 0.05) is 37.7 Å². The lowest BCUT2D eigenvalue weighted by atomic mass is 10.0. The van der Waals surface area contributed by atoms with Crippen LogP contribution in [-0.4, -0.2) is 27.3 Å². The third kappa shape index (κ3) is 3.27. The van der Waals surface area contributed by atoms with E-state index in [1.165, 1.54) is 31.2 Å². The molecule has 2 aromatic rings. The molecule has 0 aromatic carbocycles. The van der Waals surface area contributed by atoms with Crippen LogP contribution >= 0.6 is 0 Å². The maximum absolute atomic E-state index is 12.0. The van der Waals surface area contributed by atoms with Crippen LogP contribution in [0.2, 0.25) is 0 Å². The van der Waals surface area contributed by atoms with Gasteiger partial charge in [-0.1, -0.05) is 6.42 Å². The smallest absolute Gasteiger partial charge is 0.320 e. The molecule has 0 radical (unpaired) electrons. The summed E-state index contributed by atoms with van der Waals surface area (Å²) in [6.45, 7) is 1.57. The standard InChI is InChI=1S/C18H23N5O/c24-17(20-13-18-7-1-2-15(18)12-18)21-16-6-11-23(22-16)10-5-14-3-8-19-9-4-14/h3-4,6,8-9,11,15H,1-2,5,7,10,12-13H2,(H2,20,21,22,24)/t15-,18+/m1/s1. The number of carbonyl (C=O) groups excluding carboxylic acids is 1. The lowest BCUT2D eigenvalue weighted by molar-refractivity contribution is 0.249. The summed E-state index contributed by atoms with van der Waals surface area (Å²) in [6.07, 6.45) is 11.6. The Kier molecular flexibility index (Phi) is 3.96. The molecule has 0 aliphatic heterocycles. The minimum Gasteiger partial charge on any atom is -0.337 e. The number of urea groups is 1. The van der Waals surface area contributed by atoms with Crippen molar-refractivity contribution in [2.75, 3.05) is 11.9 Å². The van der Waals surface area contributed by atoms with Gasteiger partial charge in [-0.2, -0.15) is 5.10 Å². The third-order valence-electron chi connectivity index (χ3n) is 5.45. The van der Waals surface area contributed by atoms with E-state index in [0.29, 0.717) is 11.2 Å². The molecule has 2 N–H and O–H groups in total. The van der Waals surface area contributed by atoms with Crippen molar-refractivity contribution in [3.05, 3.63) is 42.4 Å². The second-order valence-electron chi connectivity index (χ2n) is 7.03. The Morgan fingerprint density at radius 3 is 2.96 bits per heavy atom. The number of aryl methyl sites for hydroxylation is 2. The molecule has 2 aromatic heterocycles. The first-order valence-electron chi connectivity index (χ1n) is 8.71. The van der Waals surface area contributed by atoms with E-state index in [4.69, 9.17) is 0 Å². The molecule has 2 aliphatic carbocycles. The zero-order valence-corrected chi connectivity index (χ0v) is 13.7. The molecule has 2 atom stereocenters. The zero-order valence-electron chi connectivity index (χ0n) is 13.7. The van der Waals surface area contributed by atoms with Crippen LogP contribution < -0.4 is 10.6 Å². The Bertz CT molecular complexity index is 713. The number of anilines is 1. The van der Waals surface area contributed by atoms with Gasteiger partial charge in [-0.25, -0.2) is 4.79 Å². The molecule has 0 saturated heterocycles. The van der Waals surface area contributed by atoms with Crippen LogP contribution in [-0.2, 0) is 13.0 Å². The van der Waals surface area contributed by atoms with Crippen molar-refractivity contribution >= 4 is 11.8 Å². The van der Waals surface area contributed by atoms with Crippen LogP contribution in [0.5, 0.6) is 0 Å². The summed E-state index contributed by atoms with van der Waals surface area (Å²) in [6, 6.07) is 5.69. The molecule has 2 aliphatic rings. The predicted molar refractivity (Wildman–Crippen MR) is 91.6 cm³/mol. The summed E-state index contributed by atoms with van der Waals surface area (Å²) in [5.41, 5.74) is 1.64. The number of rotatable bonds is 6. The fourth-order valence-corrected chi connectivity index (χ4v) is 3.91. The maximum Gasteiger partial charge on any atom is 0.320 e. The highest BCUT2D eigenvalue weighted by molar-refractivity contribution is 5.88. The highest BCUT2D eigenvalue weighted by atomic mass is 16.2. The van der Waals surface area contributed by atoms with Gasteiger partial charge in [0.1, 0.15) is 0 Å². The fraction of sp³-hybridized carbons (Fsp3) is 0.500. The molecule has 2 heterocycles. The molecular formula is C18H23N5O. The van der Waals surface area contributed by atoms with E-state index in [2.05, 4.69) is 20.7 Å². The number of aromatic nitrogens is 3. The first-order chi connectivity index (χ1) is 11.7. The van der Waals surface area contributed by atoms with Gasteiger partial charge in [0.25, 0.3) is 0 Å². The minimum absolute atomic E-state index is 0.152. The van der Waals surface area contributed by atoms with Crippen LogP contribution in [0, 0.1) is 11.3 Å². The monoisotopic (exact) mass is 325 g/mol. The quantitative estimate of drug-likeness (QED) is 0.858.